The van der Waals surface area contributed by atoms with Crippen LogP contribution in [0.25, 0.3) is 0 Å². The summed E-state index contributed by atoms with van der Waals surface area (Å²) in [7, 11) is 0. The number of rotatable bonds is 4. The van der Waals surface area contributed by atoms with Gasteiger partial charge in [-0.05, 0) is 12.8 Å². The first-order valence-electron chi connectivity index (χ1n) is 7.36. The lowest BCUT2D eigenvalue weighted by molar-refractivity contribution is 0.546. The Kier molecular flexibility index (Phi) is 4.51. The summed E-state index contributed by atoms with van der Waals surface area (Å²) in [6, 6.07) is 0.519. The molecule has 1 fully saturated rings. The zero-order valence-electron chi connectivity index (χ0n) is 12.9. The van der Waals surface area contributed by atoms with Gasteiger partial charge in [0.25, 0.3) is 0 Å². The van der Waals surface area contributed by atoms with E-state index in [4.69, 9.17) is 4.98 Å². The Morgan fingerprint density at radius 3 is 2.42 bits per heavy atom. The highest BCUT2D eigenvalue weighted by Gasteiger charge is 2.25. The van der Waals surface area contributed by atoms with Gasteiger partial charge in [-0.1, -0.05) is 34.6 Å². The Labute approximate surface area is 121 Å². The largest absolute Gasteiger partial charge is 0.348 e. The van der Waals surface area contributed by atoms with Gasteiger partial charge in [0.15, 0.2) is 5.13 Å². The van der Waals surface area contributed by atoms with E-state index in [9.17, 15) is 0 Å². The fraction of sp³-hybridized carbons (Fsp3) is 0.800. The summed E-state index contributed by atoms with van der Waals surface area (Å²) in [5.74, 6) is 0. The highest BCUT2D eigenvalue weighted by atomic mass is 32.1. The first kappa shape index (κ1) is 14.8. The number of nitrogens with one attached hydrogen (secondary N) is 1. The molecule has 0 aliphatic carbocycles. The van der Waals surface area contributed by atoms with Crippen LogP contribution < -0.4 is 10.2 Å². The highest BCUT2D eigenvalue weighted by Crippen LogP contribution is 2.35. The van der Waals surface area contributed by atoms with Gasteiger partial charge in [0.1, 0.15) is 0 Å². The van der Waals surface area contributed by atoms with Crippen LogP contribution >= 0.6 is 11.3 Å². The van der Waals surface area contributed by atoms with Gasteiger partial charge in [-0.3, -0.25) is 0 Å². The van der Waals surface area contributed by atoms with E-state index in [1.54, 1.807) is 0 Å². The first-order valence-corrected chi connectivity index (χ1v) is 8.18. The summed E-state index contributed by atoms with van der Waals surface area (Å²) < 4.78 is 0. The molecule has 108 valence electrons. The van der Waals surface area contributed by atoms with Gasteiger partial charge in [0.05, 0.1) is 5.69 Å². The van der Waals surface area contributed by atoms with Gasteiger partial charge in [-0.15, -0.1) is 11.3 Å². The molecule has 4 heteroatoms. The summed E-state index contributed by atoms with van der Waals surface area (Å²) in [4.78, 5) is 8.79. The van der Waals surface area contributed by atoms with Crippen molar-refractivity contribution in [1.29, 1.82) is 0 Å². The molecule has 0 unspecified atom stereocenters. The van der Waals surface area contributed by atoms with Crippen molar-refractivity contribution in [1.82, 2.24) is 10.3 Å². The molecule has 1 saturated heterocycles. The van der Waals surface area contributed by atoms with Crippen LogP contribution in [0.2, 0.25) is 0 Å². The number of nitrogens with zero attached hydrogens (tertiary/aromatic N) is 2. The number of hydrogen-bond acceptors (Lipinski definition) is 4. The molecule has 0 radical (unpaired) electrons. The predicted molar refractivity (Wildman–Crippen MR) is 84.2 cm³/mol. The molecule has 2 rings (SSSR count). The van der Waals surface area contributed by atoms with Gasteiger partial charge in [0, 0.05) is 36.0 Å². The first-order chi connectivity index (χ1) is 8.88. The summed E-state index contributed by atoms with van der Waals surface area (Å²) >= 11 is 1.88. The maximum Gasteiger partial charge on any atom is 0.185 e. The van der Waals surface area contributed by atoms with Gasteiger partial charge in [-0.2, -0.15) is 0 Å². The molecule has 1 aromatic rings. The second-order valence-electron chi connectivity index (χ2n) is 6.75. The number of aromatic nitrogens is 1. The van der Waals surface area contributed by atoms with Crippen molar-refractivity contribution in [3.63, 3.8) is 0 Å². The Morgan fingerprint density at radius 1 is 1.26 bits per heavy atom. The monoisotopic (exact) mass is 281 g/mol. The Balaban J connectivity index is 2.23. The van der Waals surface area contributed by atoms with Crippen LogP contribution in [0, 0.1) is 0 Å². The summed E-state index contributed by atoms with van der Waals surface area (Å²) in [5.41, 5.74) is 1.40. The molecule has 3 nitrogen and oxygen atoms in total. The SMILES string of the molecule is CC(C)NCc1sc(N2CCCC2)nc1C(C)(C)C. The van der Waals surface area contributed by atoms with E-state index >= 15 is 0 Å². The molecular formula is C15H27N3S. The number of hydrogen-bond donors (Lipinski definition) is 1. The van der Waals surface area contributed by atoms with E-state index in [0.29, 0.717) is 6.04 Å². The van der Waals surface area contributed by atoms with Crippen molar-refractivity contribution < 1.29 is 0 Å². The summed E-state index contributed by atoms with van der Waals surface area (Å²) in [6.07, 6.45) is 2.62. The van der Waals surface area contributed by atoms with Gasteiger partial charge in [0.2, 0.25) is 0 Å². The minimum atomic E-state index is 0.127. The van der Waals surface area contributed by atoms with Crippen molar-refractivity contribution in [2.45, 2.75) is 65.5 Å². The maximum atomic E-state index is 4.95. The summed E-state index contributed by atoms with van der Waals surface area (Å²) in [6.45, 7) is 14.5. The molecule has 0 spiro atoms. The van der Waals surface area contributed by atoms with Crippen LogP contribution in [0.3, 0.4) is 0 Å². The van der Waals surface area contributed by atoms with Crippen molar-refractivity contribution in [3.8, 4) is 0 Å². The second kappa shape index (κ2) is 5.80. The minimum Gasteiger partial charge on any atom is -0.348 e. The molecule has 2 heterocycles. The lowest BCUT2D eigenvalue weighted by Crippen LogP contribution is -2.24. The van der Waals surface area contributed by atoms with E-state index in [2.05, 4.69) is 44.8 Å². The van der Waals surface area contributed by atoms with Crippen LogP contribution in [-0.4, -0.2) is 24.1 Å². The van der Waals surface area contributed by atoms with Gasteiger partial charge < -0.3 is 10.2 Å². The van der Waals surface area contributed by atoms with Crippen LogP contribution in [0.15, 0.2) is 0 Å². The van der Waals surface area contributed by atoms with E-state index in [1.807, 2.05) is 11.3 Å². The van der Waals surface area contributed by atoms with E-state index < -0.39 is 0 Å². The summed E-state index contributed by atoms with van der Waals surface area (Å²) in [5, 5.41) is 4.76. The van der Waals surface area contributed by atoms with Crippen LogP contribution in [0.5, 0.6) is 0 Å². The Hall–Kier alpha value is -0.610. The molecule has 0 amide bonds. The third-order valence-corrected chi connectivity index (χ3v) is 4.56. The van der Waals surface area contributed by atoms with E-state index in [1.165, 1.54) is 41.6 Å². The molecule has 1 aromatic heterocycles. The van der Waals surface area contributed by atoms with Crippen LogP contribution in [0.4, 0.5) is 5.13 Å². The highest BCUT2D eigenvalue weighted by molar-refractivity contribution is 7.15. The van der Waals surface area contributed by atoms with Crippen molar-refractivity contribution in [3.05, 3.63) is 10.6 Å². The molecule has 0 atom stereocenters. The van der Waals surface area contributed by atoms with Crippen LogP contribution in [0.1, 0.15) is 58.0 Å². The van der Waals surface area contributed by atoms with Gasteiger partial charge in [-0.25, -0.2) is 4.98 Å². The molecule has 1 aliphatic rings. The lowest BCUT2D eigenvalue weighted by atomic mass is 9.91. The molecule has 0 aromatic carbocycles. The second-order valence-corrected chi connectivity index (χ2v) is 7.81. The molecule has 1 N–H and O–H groups in total. The predicted octanol–water partition coefficient (Wildman–Crippen LogP) is 3.54. The molecule has 1 aliphatic heterocycles. The van der Waals surface area contributed by atoms with E-state index in [0.717, 1.165) is 6.54 Å². The van der Waals surface area contributed by atoms with Crippen molar-refractivity contribution in [2.75, 3.05) is 18.0 Å². The Morgan fingerprint density at radius 2 is 1.89 bits per heavy atom. The zero-order chi connectivity index (χ0) is 14.0. The third-order valence-electron chi connectivity index (χ3n) is 3.44. The Bertz CT molecular complexity index is 412. The zero-order valence-corrected chi connectivity index (χ0v) is 13.7. The van der Waals surface area contributed by atoms with Gasteiger partial charge >= 0.3 is 0 Å². The van der Waals surface area contributed by atoms with E-state index in [-0.39, 0.29) is 5.41 Å². The minimum absolute atomic E-state index is 0.127. The third kappa shape index (κ3) is 3.69. The molecular weight excluding hydrogens is 254 g/mol. The normalized spacial score (nSPS) is 16.6. The fourth-order valence-electron chi connectivity index (χ4n) is 2.39. The number of anilines is 1. The molecule has 0 saturated carbocycles. The van der Waals surface area contributed by atoms with Crippen molar-refractivity contribution >= 4 is 16.5 Å². The standard InChI is InChI=1S/C15H27N3S/c1-11(2)16-10-12-13(15(3,4)5)17-14(19-12)18-8-6-7-9-18/h11,16H,6-10H2,1-5H3. The maximum absolute atomic E-state index is 4.95. The molecule has 19 heavy (non-hydrogen) atoms. The quantitative estimate of drug-likeness (QED) is 0.915. The molecule has 0 bridgehead atoms. The average molecular weight is 281 g/mol. The smallest absolute Gasteiger partial charge is 0.185 e. The topological polar surface area (TPSA) is 28.2 Å². The van der Waals surface area contributed by atoms with Crippen molar-refractivity contribution in [2.24, 2.45) is 0 Å². The average Bonchev–Trinajstić information content (AvgIpc) is 2.94. The fourth-order valence-corrected chi connectivity index (χ4v) is 3.66. The lowest BCUT2D eigenvalue weighted by Gasteiger charge is -2.18. The number of thiazole rings is 1. The van der Waals surface area contributed by atoms with Crippen LogP contribution in [-0.2, 0) is 12.0 Å².